The molecular formula is C12H18N2O. The number of rotatable bonds is 5. The molecule has 0 saturated heterocycles. The van der Waals surface area contributed by atoms with Crippen LogP contribution >= 0.6 is 0 Å². The fourth-order valence-electron chi connectivity index (χ4n) is 1.35. The lowest BCUT2D eigenvalue weighted by Gasteiger charge is -2.10. The van der Waals surface area contributed by atoms with Crippen LogP contribution in [0, 0.1) is 0 Å². The van der Waals surface area contributed by atoms with E-state index in [4.69, 9.17) is 0 Å². The monoisotopic (exact) mass is 206 g/mol. The molecule has 0 radical (unpaired) electrons. The molecule has 0 heterocycles. The largest absolute Gasteiger partial charge is 0.384 e. The number of hydrogen-bond acceptors (Lipinski definition) is 2. The number of nitrogens with one attached hydrogen (secondary N) is 2. The summed E-state index contributed by atoms with van der Waals surface area (Å²) in [5, 5.41) is 6.04. The highest BCUT2D eigenvalue weighted by Gasteiger charge is 2.08. The third kappa shape index (κ3) is 3.27. The van der Waals surface area contributed by atoms with Crippen LogP contribution in [0.5, 0.6) is 0 Å². The van der Waals surface area contributed by atoms with E-state index in [0.717, 1.165) is 18.7 Å². The average Bonchev–Trinajstić information content (AvgIpc) is 2.27. The Balaban J connectivity index is 2.80. The number of anilines is 1. The van der Waals surface area contributed by atoms with Gasteiger partial charge < -0.3 is 10.6 Å². The van der Waals surface area contributed by atoms with Gasteiger partial charge in [0.05, 0.1) is 5.56 Å². The Labute approximate surface area is 90.9 Å². The van der Waals surface area contributed by atoms with Crippen LogP contribution in [0.4, 0.5) is 5.69 Å². The van der Waals surface area contributed by atoms with Crippen molar-refractivity contribution in [3.05, 3.63) is 29.8 Å². The van der Waals surface area contributed by atoms with Crippen LogP contribution in [0.15, 0.2) is 24.3 Å². The molecule has 0 aromatic heterocycles. The number of para-hydroxylation sites is 1. The van der Waals surface area contributed by atoms with Crippen LogP contribution in [0.2, 0.25) is 0 Å². The highest BCUT2D eigenvalue weighted by molar-refractivity contribution is 5.99. The Morgan fingerprint density at radius 1 is 1.27 bits per heavy atom. The van der Waals surface area contributed by atoms with E-state index in [9.17, 15) is 4.79 Å². The van der Waals surface area contributed by atoms with Crippen molar-refractivity contribution in [1.82, 2.24) is 5.32 Å². The average molecular weight is 206 g/mol. The predicted molar refractivity (Wildman–Crippen MR) is 63.2 cm³/mol. The molecule has 3 heteroatoms. The zero-order valence-corrected chi connectivity index (χ0v) is 9.34. The van der Waals surface area contributed by atoms with Crippen molar-refractivity contribution >= 4 is 11.6 Å². The van der Waals surface area contributed by atoms with Crippen molar-refractivity contribution in [3.8, 4) is 0 Å². The van der Waals surface area contributed by atoms with Crippen molar-refractivity contribution in [2.45, 2.75) is 20.3 Å². The molecule has 0 fully saturated rings. The molecule has 0 aliphatic rings. The lowest BCUT2D eigenvalue weighted by atomic mass is 10.1. The molecule has 1 rings (SSSR count). The first-order valence-electron chi connectivity index (χ1n) is 5.40. The second-order valence-corrected chi connectivity index (χ2v) is 3.33. The zero-order chi connectivity index (χ0) is 11.1. The van der Waals surface area contributed by atoms with Crippen molar-refractivity contribution in [2.24, 2.45) is 0 Å². The first kappa shape index (κ1) is 11.6. The number of benzene rings is 1. The van der Waals surface area contributed by atoms with Crippen LogP contribution in [-0.4, -0.2) is 19.0 Å². The highest BCUT2D eigenvalue weighted by Crippen LogP contribution is 2.14. The molecule has 0 saturated carbocycles. The third-order valence-corrected chi connectivity index (χ3v) is 2.07. The molecular weight excluding hydrogens is 188 g/mol. The standard InChI is InChI=1S/C12H18N2O/c1-3-9-14-11-8-6-5-7-10(11)12(15)13-4-2/h5-8,14H,3-4,9H2,1-2H3,(H,13,15). The van der Waals surface area contributed by atoms with Gasteiger partial charge in [0, 0.05) is 18.8 Å². The Morgan fingerprint density at radius 2 is 2.00 bits per heavy atom. The molecule has 1 amide bonds. The van der Waals surface area contributed by atoms with Crippen LogP contribution < -0.4 is 10.6 Å². The van der Waals surface area contributed by atoms with Gasteiger partial charge in [0.25, 0.3) is 5.91 Å². The van der Waals surface area contributed by atoms with Gasteiger partial charge in [-0.15, -0.1) is 0 Å². The SMILES string of the molecule is CCCNc1ccccc1C(=O)NCC. The van der Waals surface area contributed by atoms with E-state index in [2.05, 4.69) is 17.6 Å². The number of carbonyl (C=O) groups excluding carboxylic acids is 1. The van der Waals surface area contributed by atoms with Crippen molar-refractivity contribution < 1.29 is 4.79 Å². The van der Waals surface area contributed by atoms with Gasteiger partial charge in [-0.1, -0.05) is 19.1 Å². The van der Waals surface area contributed by atoms with Crippen molar-refractivity contribution in [1.29, 1.82) is 0 Å². The van der Waals surface area contributed by atoms with Gasteiger partial charge in [0.2, 0.25) is 0 Å². The molecule has 82 valence electrons. The fraction of sp³-hybridized carbons (Fsp3) is 0.417. The van der Waals surface area contributed by atoms with Gasteiger partial charge >= 0.3 is 0 Å². The summed E-state index contributed by atoms with van der Waals surface area (Å²) >= 11 is 0. The summed E-state index contributed by atoms with van der Waals surface area (Å²) in [5.41, 5.74) is 1.62. The minimum Gasteiger partial charge on any atom is -0.384 e. The summed E-state index contributed by atoms with van der Waals surface area (Å²) < 4.78 is 0. The van der Waals surface area contributed by atoms with Crippen LogP contribution in [-0.2, 0) is 0 Å². The first-order valence-corrected chi connectivity index (χ1v) is 5.40. The maximum atomic E-state index is 11.7. The zero-order valence-electron chi connectivity index (χ0n) is 9.34. The first-order chi connectivity index (χ1) is 7.29. The molecule has 2 N–H and O–H groups in total. The fourth-order valence-corrected chi connectivity index (χ4v) is 1.35. The molecule has 0 aliphatic carbocycles. The lowest BCUT2D eigenvalue weighted by molar-refractivity contribution is 0.0956. The van der Waals surface area contributed by atoms with E-state index in [1.807, 2.05) is 31.2 Å². The summed E-state index contributed by atoms with van der Waals surface area (Å²) in [5.74, 6) is -0.0169. The van der Waals surface area contributed by atoms with E-state index in [1.165, 1.54) is 0 Å². The van der Waals surface area contributed by atoms with Gasteiger partial charge in [-0.3, -0.25) is 4.79 Å². The Kier molecular flexibility index (Phi) is 4.68. The Bertz CT molecular complexity index is 323. The summed E-state index contributed by atoms with van der Waals surface area (Å²) in [6.07, 6.45) is 1.05. The molecule has 1 aromatic carbocycles. The van der Waals surface area contributed by atoms with Crippen LogP contribution in [0.3, 0.4) is 0 Å². The molecule has 0 spiro atoms. The van der Waals surface area contributed by atoms with Crippen LogP contribution in [0.25, 0.3) is 0 Å². The van der Waals surface area contributed by atoms with E-state index in [0.29, 0.717) is 12.1 Å². The number of carbonyl (C=O) groups is 1. The van der Waals surface area contributed by atoms with E-state index >= 15 is 0 Å². The Morgan fingerprint density at radius 3 is 2.67 bits per heavy atom. The maximum Gasteiger partial charge on any atom is 0.253 e. The molecule has 3 nitrogen and oxygen atoms in total. The van der Waals surface area contributed by atoms with Crippen molar-refractivity contribution in [2.75, 3.05) is 18.4 Å². The van der Waals surface area contributed by atoms with Gasteiger partial charge in [-0.25, -0.2) is 0 Å². The summed E-state index contributed by atoms with van der Waals surface area (Å²) in [6, 6.07) is 7.58. The van der Waals surface area contributed by atoms with E-state index in [1.54, 1.807) is 0 Å². The second-order valence-electron chi connectivity index (χ2n) is 3.33. The molecule has 0 atom stereocenters. The minimum absolute atomic E-state index is 0.0169. The molecule has 0 unspecified atom stereocenters. The third-order valence-electron chi connectivity index (χ3n) is 2.07. The highest BCUT2D eigenvalue weighted by atomic mass is 16.1. The van der Waals surface area contributed by atoms with E-state index in [-0.39, 0.29) is 5.91 Å². The quantitative estimate of drug-likeness (QED) is 0.776. The molecule has 1 aromatic rings. The molecule has 0 aliphatic heterocycles. The molecule has 15 heavy (non-hydrogen) atoms. The summed E-state index contributed by atoms with van der Waals surface area (Å²) in [6.45, 7) is 5.55. The number of hydrogen-bond donors (Lipinski definition) is 2. The van der Waals surface area contributed by atoms with Gasteiger partial charge in [-0.05, 0) is 25.5 Å². The normalized spacial score (nSPS) is 9.73. The molecule has 0 bridgehead atoms. The Hall–Kier alpha value is -1.51. The summed E-state index contributed by atoms with van der Waals surface area (Å²) in [7, 11) is 0. The van der Waals surface area contributed by atoms with Crippen LogP contribution in [0.1, 0.15) is 30.6 Å². The van der Waals surface area contributed by atoms with Gasteiger partial charge in [0.15, 0.2) is 0 Å². The maximum absolute atomic E-state index is 11.7. The van der Waals surface area contributed by atoms with Gasteiger partial charge in [-0.2, -0.15) is 0 Å². The minimum atomic E-state index is -0.0169. The second kappa shape index (κ2) is 6.06. The summed E-state index contributed by atoms with van der Waals surface area (Å²) in [4.78, 5) is 11.7. The lowest BCUT2D eigenvalue weighted by Crippen LogP contribution is -2.23. The van der Waals surface area contributed by atoms with E-state index < -0.39 is 0 Å². The smallest absolute Gasteiger partial charge is 0.253 e. The van der Waals surface area contributed by atoms with Crippen molar-refractivity contribution in [3.63, 3.8) is 0 Å². The topological polar surface area (TPSA) is 41.1 Å². The number of amides is 1. The predicted octanol–water partition coefficient (Wildman–Crippen LogP) is 2.26. The van der Waals surface area contributed by atoms with Gasteiger partial charge in [0.1, 0.15) is 0 Å².